The van der Waals surface area contributed by atoms with Crippen LogP contribution in [0, 0.1) is 6.92 Å². The molecule has 1 aromatic heterocycles. The van der Waals surface area contributed by atoms with Crippen molar-refractivity contribution in [2.45, 2.75) is 44.6 Å². The third kappa shape index (κ3) is 2.35. The van der Waals surface area contributed by atoms with Crippen molar-refractivity contribution in [1.82, 2.24) is 20.5 Å². The second kappa shape index (κ2) is 5.44. The summed E-state index contributed by atoms with van der Waals surface area (Å²) in [6, 6.07) is -0.476. The zero-order valence-electron chi connectivity index (χ0n) is 14.0. The number of urea groups is 1. The van der Waals surface area contributed by atoms with Gasteiger partial charge in [0.05, 0.1) is 0 Å². The highest BCUT2D eigenvalue weighted by Gasteiger charge is 2.48. The van der Waals surface area contributed by atoms with Gasteiger partial charge in [0.25, 0.3) is 11.8 Å². The quantitative estimate of drug-likeness (QED) is 0.650. The van der Waals surface area contributed by atoms with E-state index in [9.17, 15) is 19.2 Å². The van der Waals surface area contributed by atoms with Crippen LogP contribution in [0.1, 0.15) is 57.8 Å². The third-order valence-corrected chi connectivity index (χ3v) is 5.57. The molecule has 0 aromatic carbocycles. The minimum Gasteiger partial charge on any atom is -0.354 e. The van der Waals surface area contributed by atoms with Gasteiger partial charge in [-0.1, -0.05) is 0 Å². The van der Waals surface area contributed by atoms with Crippen LogP contribution in [-0.4, -0.2) is 52.1 Å². The molecule has 0 unspecified atom stereocenters. The van der Waals surface area contributed by atoms with Crippen LogP contribution in [0.2, 0.25) is 0 Å². The van der Waals surface area contributed by atoms with Gasteiger partial charge in [-0.3, -0.25) is 19.7 Å². The first kappa shape index (κ1) is 15.9. The molecule has 2 fully saturated rings. The van der Waals surface area contributed by atoms with Crippen molar-refractivity contribution in [2.24, 2.45) is 0 Å². The number of imide groups is 1. The maximum Gasteiger partial charge on any atom is 0.322 e. The maximum atomic E-state index is 12.9. The molecule has 8 nitrogen and oxygen atoms in total. The van der Waals surface area contributed by atoms with Gasteiger partial charge in [-0.15, -0.1) is 0 Å². The number of aromatic amines is 1. The lowest BCUT2D eigenvalue weighted by atomic mass is 9.87. The average Bonchev–Trinajstić information content (AvgIpc) is 3.05. The molecular formula is C17H20N4O4. The van der Waals surface area contributed by atoms with Crippen LogP contribution in [0.5, 0.6) is 0 Å². The number of rotatable bonds is 1. The fourth-order valence-electron chi connectivity index (χ4n) is 4.12. The van der Waals surface area contributed by atoms with Crippen molar-refractivity contribution in [3.05, 3.63) is 22.5 Å². The molecule has 0 atom stereocenters. The molecule has 0 radical (unpaired) electrons. The molecule has 2 aliphatic heterocycles. The van der Waals surface area contributed by atoms with Gasteiger partial charge in [0, 0.05) is 30.8 Å². The average molecular weight is 344 g/mol. The summed E-state index contributed by atoms with van der Waals surface area (Å²) in [4.78, 5) is 53.2. The number of H-pyrrole nitrogens is 1. The van der Waals surface area contributed by atoms with E-state index < -0.39 is 11.6 Å². The Hall–Kier alpha value is -2.64. The predicted octanol–water partition coefficient (Wildman–Crippen LogP) is 0.656. The van der Waals surface area contributed by atoms with Crippen LogP contribution in [-0.2, 0) is 11.2 Å². The monoisotopic (exact) mass is 344 g/mol. The summed E-state index contributed by atoms with van der Waals surface area (Å²) >= 11 is 0. The number of Topliss-reactive ketones (excluding diaryl/α,β-unsaturated/α-hetero) is 1. The minimum absolute atomic E-state index is 0.0944. The Morgan fingerprint density at radius 1 is 1.12 bits per heavy atom. The van der Waals surface area contributed by atoms with Gasteiger partial charge in [-0.2, -0.15) is 0 Å². The molecule has 3 N–H and O–H groups in total. The highest BCUT2D eigenvalue weighted by atomic mass is 16.2. The zero-order valence-corrected chi connectivity index (χ0v) is 14.0. The SMILES string of the molecule is Cc1c(C(=O)N2CCC3(CC2)NC(=O)NC3=O)[nH]c2c1C(=O)CCC2. The number of likely N-dealkylation sites (tertiary alicyclic amines) is 1. The van der Waals surface area contributed by atoms with Crippen molar-refractivity contribution in [3.63, 3.8) is 0 Å². The minimum atomic E-state index is -0.895. The van der Waals surface area contributed by atoms with Gasteiger partial charge >= 0.3 is 6.03 Å². The smallest absolute Gasteiger partial charge is 0.322 e. The molecule has 0 bridgehead atoms. The number of nitrogens with zero attached hydrogens (tertiary/aromatic N) is 1. The highest BCUT2D eigenvalue weighted by molar-refractivity contribution is 6.07. The topological polar surface area (TPSA) is 111 Å². The lowest BCUT2D eigenvalue weighted by Gasteiger charge is -2.36. The molecule has 2 saturated heterocycles. The Morgan fingerprint density at radius 2 is 1.84 bits per heavy atom. The van der Waals surface area contributed by atoms with E-state index in [4.69, 9.17) is 0 Å². The second-order valence-electron chi connectivity index (χ2n) is 7.04. The highest BCUT2D eigenvalue weighted by Crippen LogP contribution is 2.30. The number of hydrogen-bond acceptors (Lipinski definition) is 4. The number of carbonyl (C=O) groups excluding carboxylic acids is 4. The molecule has 25 heavy (non-hydrogen) atoms. The number of piperidine rings is 1. The van der Waals surface area contributed by atoms with Gasteiger partial charge in [0.15, 0.2) is 5.78 Å². The number of amides is 4. The van der Waals surface area contributed by atoms with Gasteiger partial charge in [0.2, 0.25) is 0 Å². The van der Waals surface area contributed by atoms with Gasteiger partial charge in [-0.25, -0.2) is 4.79 Å². The van der Waals surface area contributed by atoms with E-state index in [0.717, 1.165) is 24.1 Å². The number of carbonyl (C=O) groups is 4. The largest absolute Gasteiger partial charge is 0.354 e. The number of ketones is 1. The summed E-state index contributed by atoms with van der Waals surface area (Å²) in [5, 5.41) is 4.95. The summed E-state index contributed by atoms with van der Waals surface area (Å²) in [5.74, 6) is -0.377. The van der Waals surface area contributed by atoms with E-state index in [2.05, 4.69) is 15.6 Å². The van der Waals surface area contributed by atoms with E-state index >= 15 is 0 Å². The Balaban J connectivity index is 1.53. The van der Waals surface area contributed by atoms with E-state index in [0.29, 0.717) is 43.6 Å². The first-order chi connectivity index (χ1) is 11.9. The zero-order chi connectivity index (χ0) is 17.8. The molecule has 1 spiro atoms. The number of nitrogens with one attached hydrogen (secondary N) is 3. The maximum absolute atomic E-state index is 12.9. The second-order valence-corrected chi connectivity index (χ2v) is 7.04. The number of aromatic nitrogens is 1. The number of hydrogen-bond donors (Lipinski definition) is 3. The summed E-state index contributed by atoms with van der Waals surface area (Å²) in [5.41, 5.74) is 1.82. The molecule has 8 heteroatoms. The van der Waals surface area contributed by atoms with Crippen molar-refractivity contribution in [1.29, 1.82) is 0 Å². The number of fused-ring (bicyclic) bond motifs is 1. The molecular weight excluding hydrogens is 324 g/mol. The molecule has 1 aromatic rings. The molecule has 0 saturated carbocycles. The molecule has 132 valence electrons. The fraction of sp³-hybridized carbons (Fsp3) is 0.529. The Labute approximate surface area is 144 Å². The summed E-state index contributed by atoms with van der Waals surface area (Å²) in [6.07, 6.45) is 2.88. The summed E-state index contributed by atoms with van der Waals surface area (Å²) in [6.45, 7) is 2.56. The molecule has 1 aliphatic carbocycles. The van der Waals surface area contributed by atoms with Crippen LogP contribution in [0.3, 0.4) is 0 Å². The van der Waals surface area contributed by atoms with E-state index in [-0.39, 0.29) is 17.6 Å². The third-order valence-electron chi connectivity index (χ3n) is 5.57. The Bertz CT molecular complexity index is 802. The molecule has 3 aliphatic rings. The Morgan fingerprint density at radius 3 is 2.44 bits per heavy atom. The van der Waals surface area contributed by atoms with Crippen molar-refractivity contribution in [3.8, 4) is 0 Å². The van der Waals surface area contributed by atoms with Crippen molar-refractivity contribution in [2.75, 3.05) is 13.1 Å². The van der Waals surface area contributed by atoms with Crippen LogP contribution in [0.4, 0.5) is 4.79 Å². The lowest BCUT2D eigenvalue weighted by Crippen LogP contribution is -2.55. The number of aryl methyl sites for hydroxylation is 1. The van der Waals surface area contributed by atoms with Gasteiger partial charge < -0.3 is 15.2 Å². The first-order valence-electron chi connectivity index (χ1n) is 8.59. The molecule has 3 heterocycles. The Kier molecular flexibility index (Phi) is 3.45. The van der Waals surface area contributed by atoms with Crippen LogP contribution < -0.4 is 10.6 Å². The van der Waals surface area contributed by atoms with Crippen molar-refractivity contribution < 1.29 is 19.2 Å². The van der Waals surface area contributed by atoms with E-state index in [1.807, 2.05) is 6.92 Å². The predicted molar refractivity (Wildman–Crippen MR) is 87.3 cm³/mol. The van der Waals surface area contributed by atoms with E-state index in [1.165, 1.54) is 0 Å². The van der Waals surface area contributed by atoms with Crippen LogP contribution in [0.25, 0.3) is 0 Å². The molecule has 4 amide bonds. The van der Waals surface area contributed by atoms with E-state index in [1.54, 1.807) is 4.90 Å². The van der Waals surface area contributed by atoms with Crippen LogP contribution in [0.15, 0.2) is 0 Å². The van der Waals surface area contributed by atoms with Gasteiger partial charge in [0.1, 0.15) is 11.2 Å². The van der Waals surface area contributed by atoms with Crippen LogP contribution >= 0.6 is 0 Å². The van der Waals surface area contributed by atoms with Gasteiger partial charge in [-0.05, 0) is 38.2 Å². The standard InChI is InChI=1S/C17H20N4O4/c1-9-12-10(3-2-4-11(12)22)18-13(9)14(23)21-7-5-17(6-8-21)15(24)19-16(25)20-17/h18H,2-8H2,1H3,(H2,19,20,24,25). The first-order valence-corrected chi connectivity index (χ1v) is 8.59. The molecule has 4 rings (SSSR count). The summed E-state index contributed by atoms with van der Waals surface area (Å²) < 4.78 is 0. The lowest BCUT2D eigenvalue weighted by molar-refractivity contribution is -0.125. The fourth-order valence-corrected chi connectivity index (χ4v) is 4.12. The van der Waals surface area contributed by atoms with Crippen molar-refractivity contribution >= 4 is 23.6 Å². The summed E-state index contributed by atoms with van der Waals surface area (Å²) in [7, 11) is 0. The normalized spacial score (nSPS) is 22.0.